The van der Waals surface area contributed by atoms with E-state index in [0.717, 1.165) is 11.1 Å². The molecule has 0 aliphatic carbocycles. The molecular weight excluding hydrogens is 362 g/mol. The first kappa shape index (κ1) is 21.5. The fourth-order valence-corrected chi connectivity index (χ4v) is 2.91. The van der Waals surface area contributed by atoms with Crippen LogP contribution in [0.3, 0.4) is 0 Å². The number of amides is 2. The summed E-state index contributed by atoms with van der Waals surface area (Å²) in [5.74, 6) is -1.72. The first-order valence-electron chi connectivity index (χ1n) is 9.28. The molecule has 0 heterocycles. The molecule has 0 bridgehead atoms. The van der Waals surface area contributed by atoms with Crippen LogP contribution in [0.5, 0.6) is 0 Å². The molecule has 0 aliphatic rings. The number of carbonyl (C=O) groups excluding carboxylic acids is 2. The number of nitrogens with two attached hydrogens (primary N) is 1. The van der Waals surface area contributed by atoms with Crippen molar-refractivity contribution in [1.82, 2.24) is 5.32 Å². The molecule has 3 N–H and O–H groups in total. The Labute approximate surface area is 164 Å². The van der Waals surface area contributed by atoms with E-state index in [1.165, 1.54) is 30.7 Å². The molecule has 6 heteroatoms. The van der Waals surface area contributed by atoms with Crippen LogP contribution in [0, 0.1) is 24.0 Å². The molecule has 4 nitrogen and oxygen atoms in total. The quantitative estimate of drug-likeness (QED) is 0.610. The van der Waals surface area contributed by atoms with Gasteiger partial charge in [-0.2, -0.15) is 0 Å². The van der Waals surface area contributed by atoms with Crippen LogP contribution in [0.2, 0.25) is 0 Å². The zero-order chi connectivity index (χ0) is 20.5. The Hall–Kier alpha value is -2.76. The van der Waals surface area contributed by atoms with Crippen molar-refractivity contribution in [3.05, 3.63) is 77.7 Å². The molecule has 2 aromatic carbocycles. The Morgan fingerprint density at radius 2 is 1.50 bits per heavy atom. The molecule has 1 radical (unpaired) electrons. The Bertz CT molecular complexity index is 731. The standard InChI is InChI=1S/C22H25F2N2O2/c1-15(22(25)28)4-13-21(27)26-14-2-3-20(16-5-9-18(23)10-6-16)17-7-11-19(24)12-8-17/h5-13,15,20H,2-4,14H2,1H3,(H2,25,28)(H,26,27). The third kappa shape index (κ3) is 6.76. The van der Waals surface area contributed by atoms with Crippen molar-refractivity contribution >= 4 is 11.8 Å². The average molecular weight is 387 g/mol. The topological polar surface area (TPSA) is 72.2 Å². The fourth-order valence-electron chi connectivity index (χ4n) is 2.91. The van der Waals surface area contributed by atoms with E-state index in [1.54, 1.807) is 31.2 Å². The SMILES string of the molecule is CC(C[CH]C(=O)NCCCC(c1ccc(F)cc1)c1ccc(F)cc1)C(N)=O. The lowest BCUT2D eigenvalue weighted by Gasteiger charge is -2.18. The van der Waals surface area contributed by atoms with Gasteiger partial charge >= 0.3 is 0 Å². The van der Waals surface area contributed by atoms with Gasteiger partial charge in [0.25, 0.3) is 0 Å². The van der Waals surface area contributed by atoms with Crippen LogP contribution >= 0.6 is 0 Å². The molecule has 0 spiro atoms. The van der Waals surface area contributed by atoms with Crippen LogP contribution in [0.4, 0.5) is 8.78 Å². The highest BCUT2D eigenvalue weighted by Gasteiger charge is 2.15. The van der Waals surface area contributed by atoms with Crippen molar-refractivity contribution in [2.24, 2.45) is 11.7 Å². The summed E-state index contributed by atoms with van der Waals surface area (Å²) in [7, 11) is 0. The van der Waals surface area contributed by atoms with Gasteiger partial charge in [-0.1, -0.05) is 31.2 Å². The lowest BCUT2D eigenvalue weighted by atomic mass is 9.87. The number of hydrogen-bond donors (Lipinski definition) is 2. The molecule has 0 saturated carbocycles. The van der Waals surface area contributed by atoms with Gasteiger partial charge in [-0.25, -0.2) is 8.78 Å². The average Bonchev–Trinajstić information content (AvgIpc) is 2.68. The Morgan fingerprint density at radius 1 is 1.00 bits per heavy atom. The summed E-state index contributed by atoms with van der Waals surface area (Å²) in [6, 6.07) is 12.5. The number of nitrogens with one attached hydrogen (secondary N) is 1. The maximum atomic E-state index is 13.3. The van der Waals surface area contributed by atoms with Crippen molar-refractivity contribution < 1.29 is 18.4 Å². The molecule has 0 fully saturated rings. The first-order chi connectivity index (χ1) is 13.4. The van der Waals surface area contributed by atoms with Crippen molar-refractivity contribution in [1.29, 1.82) is 0 Å². The van der Waals surface area contributed by atoms with E-state index in [2.05, 4.69) is 5.32 Å². The largest absolute Gasteiger partial charge is 0.369 e. The van der Waals surface area contributed by atoms with Gasteiger partial charge in [0.1, 0.15) is 11.6 Å². The molecule has 0 aliphatic heterocycles. The maximum Gasteiger partial charge on any atom is 0.223 e. The van der Waals surface area contributed by atoms with Gasteiger partial charge in [0.05, 0.1) is 6.42 Å². The third-order valence-electron chi connectivity index (χ3n) is 4.66. The molecule has 0 saturated heterocycles. The number of rotatable bonds is 10. The normalized spacial score (nSPS) is 12.0. The molecule has 1 atom stereocenters. The van der Waals surface area contributed by atoms with Crippen molar-refractivity contribution in [2.45, 2.75) is 32.1 Å². The van der Waals surface area contributed by atoms with E-state index >= 15 is 0 Å². The first-order valence-corrected chi connectivity index (χ1v) is 9.28. The number of primary amides is 1. The highest BCUT2D eigenvalue weighted by Crippen LogP contribution is 2.29. The summed E-state index contributed by atoms with van der Waals surface area (Å²) in [5.41, 5.74) is 7.03. The van der Waals surface area contributed by atoms with Crippen LogP contribution in [0.15, 0.2) is 48.5 Å². The highest BCUT2D eigenvalue weighted by molar-refractivity contribution is 5.85. The summed E-state index contributed by atoms with van der Waals surface area (Å²) in [5, 5.41) is 2.79. The number of hydrogen-bond acceptors (Lipinski definition) is 2. The number of halogens is 2. The number of benzene rings is 2. The van der Waals surface area contributed by atoms with Gasteiger partial charge in [-0.3, -0.25) is 9.59 Å². The van der Waals surface area contributed by atoms with Crippen LogP contribution in [0.1, 0.15) is 43.2 Å². The molecular formula is C22H25F2N2O2. The minimum atomic E-state index is -0.439. The summed E-state index contributed by atoms with van der Waals surface area (Å²) < 4.78 is 26.5. The van der Waals surface area contributed by atoms with Gasteiger partial charge in [0.15, 0.2) is 0 Å². The lowest BCUT2D eigenvalue weighted by molar-refractivity contribution is -0.121. The molecule has 2 aromatic rings. The van der Waals surface area contributed by atoms with Crippen molar-refractivity contribution in [3.8, 4) is 0 Å². The van der Waals surface area contributed by atoms with Crippen molar-refractivity contribution in [2.75, 3.05) is 6.54 Å². The fraction of sp³-hybridized carbons (Fsp3) is 0.318. The van der Waals surface area contributed by atoms with E-state index < -0.39 is 5.91 Å². The van der Waals surface area contributed by atoms with E-state index in [4.69, 9.17) is 5.73 Å². The molecule has 2 rings (SSSR count). The predicted molar refractivity (Wildman–Crippen MR) is 104 cm³/mol. The van der Waals surface area contributed by atoms with Crippen LogP contribution in [-0.2, 0) is 9.59 Å². The summed E-state index contributed by atoms with van der Waals surface area (Å²) in [4.78, 5) is 22.8. The molecule has 2 amide bonds. The minimum absolute atomic E-state index is 0.0306. The summed E-state index contributed by atoms with van der Waals surface area (Å²) in [6.45, 7) is 2.13. The molecule has 28 heavy (non-hydrogen) atoms. The molecule has 149 valence electrons. The minimum Gasteiger partial charge on any atom is -0.369 e. The second kappa shape index (κ2) is 10.5. The summed E-state index contributed by atoms with van der Waals surface area (Å²) >= 11 is 0. The van der Waals surface area contributed by atoms with Gasteiger partial charge < -0.3 is 11.1 Å². The number of carbonyl (C=O) groups is 2. The monoisotopic (exact) mass is 387 g/mol. The van der Waals surface area contributed by atoms with Crippen molar-refractivity contribution in [3.63, 3.8) is 0 Å². The van der Waals surface area contributed by atoms with Crippen LogP contribution in [-0.4, -0.2) is 18.4 Å². The lowest BCUT2D eigenvalue weighted by Crippen LogP contribution is -2.27. The van der Waals surface area contributed by atoms with E-state index in [0.29, 0.717) is 25.8 Å². The van der Waals surface area contributed by atoms with Gasteiger partial charge in [0, 0.05) is 18.4 Å². The van der Waals surface area contributed by atoms with Crippen LogP contribution < -0.4 is 11.1 Å². The van der Waals surface area contributed by atoms with E-state index in [-0.39, 0.29) is 29.4 Å². The predicted octanol–water partition coefficient (Wildman–Crippen LogP) is 3.71. The highest BCUT2D eigenvalue weighted by atomic mass is 19.1. The maximum absolute atomic E-state index is 13.3. The zero-order valence-corrected chi connectivity index (χ0v) is 15.8. The Kier molecular flexibility index (Phi) is 8.11. The van der Waals surface area contributed by atoms with Gasteiger partial charge in [-0.15, -0.1) is 0 Å². The van der Waals surface area contributed by atoms with Gasteiger partial charge in [-0.05, 0) is 54.7 Å². The second-order valence-electron chi connectivity index (χ2n) is 6.83. The second-order valence-corrected chi connectivity index (χ2v) is 6.83. The molecule has 1 unspecified atom stereocenters. The zero-order valence-electron chi connectivity index (χ0n) is 15.8. The van der Waals surface area contributed by atoms with Gasteiger partial charge in [0.2, 0.25) is 11.8 Å². The van der Waals surface area contributed by atoms with E-state index in [9.17, 15) is 18.4 Å². The Balaban J connectivity index is 1.90. The third-order valence-corrected chi connectivity index (χ3v) is 4.66. The Morgan fingerprint density at radius 3 is 1.96 bits per heavy atom. The van der Waals surface area contributed by atoms with Crippen LogP contribution in [0.25, 0.3) is 0 Å². The summed E-state index contributed by atoms with van der Waals surface area (Å²) in [6.07, 6.45) is 3.11. The molecule has 0 aromatic heterocycles. The van der Waals surface area contributed by atoms with E-state index in [1.807, 2.05) is 0 Å². The smallest absolute Gasteiger partial charge is 0.223 e.